The van der Waals surface area contributed by atoms with Gasteiger partial charge < -0.3 is 9.80 Å². The fraction of sp³-hybridized carbons (Fsp3) is 0.263. The Bertz CT molecular complexity index is 761. The van der Waals surface area contributed by atoms with E-state index in [1.165, 1.54) is 4.90 Å². The number of hydrogen-bond acceptors (Lipinski definition) is 3. The van der Waals surface area contributed by atoms with E-state index in [4.69, 9.17) is 11.6 Å². The normalized spacial score (nSPS) is 14.7. The maximum atomic E-state index is 12.1. The molecule has 2 aromatic rings. The lowest BCUT2D eigenvalue weighted by molar-refractivity contribution is -0.892. The van der Waals surface area contributed by atoms with Gasteiger partial charge in [0.25, 0.3) is 11.8 Å². The number of piperazine rings is 1. The summed E-state index contributed by atoms with van der Waals surface area (Å²) in [6.07, 6.45) is 0. The number of carbonyl (C=O) groups excluding carboxylic acids is 2. The summed E-state index contributed by atoms with van der Waals surface area (Å²) in [5.74, 6) is -0.514. The van der Waals surface area contributed by atoms with Crippen LogP contribution >= 0.6 is 11.6 Å². The molecule has 6 nitrogen and oxygen atoms in total. The Morgan fingerprint density at radius 3 is 2.42 bits per heavy atom. The average molecular weight is 374 g/mol. The predicted octanol–water partition coefficient (Wildman–Crippen LogP) is 0.506. The van der Waals surface area contributed by atoms with Gasteiger partial charge in [-0.3, -0.25) is 20.4 Å². The quantitative estimate of drug-likeness (QED) is 0.684. The molecule has 7 heteroatoms. The highest BCUT2D eigenvalue weighted by atomic mass is 35.5. The van der Waals surface area contributed by atoms with Crippen molar-refractivity contribution >= 4 is 29.1 Å². The lowest BCUT2D eigenvalue weighted by atomic mass is 10.2. The summed E-state index contributed by atoms with van der Waals surface area (Å²) in [5.41, 5.74) is 6.56. The summed E-state index contributed by atoms with van der Waals surface area (Å²) in [4.78, 5) is 27.4. The second-order valence-electron chi connectivity index (χ2n) is 6.26. The van der Waals surface area contributed by atoms with Crippen molar-refractivity contribution in [1.82, 2.24) is 10.9 Å². The minimum Gasteiger partial charge on any atom is -0.360 e. The molecular weight excluding hydrogens is 352 g/mol. The molecule has 2 aromatic carbocycles. The van der Waals surface area contributed by atoms with E-state index in [0.717, 1.165) is 36.9 Å². The minimum absolute atomic E-state index is 0.194. The first-order valence-electron chi connectivity index (χ1n) is 8.60. The van der Waals surface area contributed by atoms with Gasteiger partial charge >= 0.3 is 0 Å². The van der Waals surface area contributed by atoms with Gasteiger partial charge in [-0.1, -0.05) is 35.9 Å². The lowest BCUT2D eigenvalue weighted by Gasteiger charge is -2.33. The molecule has 3 N–H and O–H groups in total. The van der Waals surface area contributed by atoms with E-state index in [2.05, 4.69) is 15.8 Å². The number of amides is 2. The van der Waals surface area contributed by atoms with E-state index in [0.29, 0.717) is 12.1 Å². The van der Waals surface area contributed by atoms with Crippen LogP contribution in [0.3, 0.4) is 0 Å². The van der Waals surface area contributed by atoms with Crippen LogP contribution in [0.1, 0.15) is 10.4 Å². The Balaban J connectivity index is 1.41. The summed E-state index contributed by atoms with van der Waals surface area (Å²) in [6.45, 7) is 3.76. The molecule has 26 heavy (non-hydrogen) atoms. The van der Waals surface area contributed by atoms with E-state index < -0.39 is 0 Å². The molecule has 0 unspecified atom stereocenters. The van der Waals surface area contributed by atoms with Crippen LogP contribution in [0, 0.1) is 0 Å². The number of quaternary nitrogens is 1. The number of nitrogens with one attached hydrogen (secondary N) is 3. The molecule has 0 atom stereocenters. The number of carbonyl (C=O) groups is 2. The van der Waals surface area contributed by atoms with E-state index in [1.54, 1.807) is 24.3 Å². The van der Waals surface area contributed by atoms with Crippen molar-refractivity contribution < 1.29 is 14.5 Å². The van der Waals surface area contributed by atoms with Crippen molar-refractivity contribution in [2.24, 2.45) is 0 Å². The molecular formula is C19H22ClN4O2+. The summed E-state index contributed by atoms with van der Waals surface area (Å²) in [5, 5.41) is 0.728. The second kappa shape index (κ2) is 8.69. The Labute approximate surface area is 157 Å². The smallest absolute Gasteiger partial charge is 0.293 e. The van der Waals surface area contributed by atoms with Crippen LogP contribution in [-0.2, 0) is 4.79 Å². The molecule has 0 saturated carbocycles. The topological polar surface area (TPSA) is 65.9 Å². The standard InChI is InChI=1S/C19H21ClN4O2/c20-16-7-4-8-17(13-16)24-11-9-23(10-12-24)14-18(25)21-22-19(26)15-5-2-1-3-6-15/h1-8,13H,9-12,14H2,(H,21,25)(H,22,26)/p+1. The van der Waals surface area contributed by atoms with Crippen molar-refractivity contribution in [2.45, 2.75) is 0 Å². The van der Waals surface area contributed by atoms with Gasteiger partial charge in [-0.25, -0.2) is 0 Å². The summed E-state index contributed by atoms with van der Waals surface area (Å²) in [7, 11) is 0. The van der Waals surface area contributed by atoms with Gasteiger partial charge in [0.1, 0.15) is 0 Å². The zero-order valence-electron chi connectivity index (χ0n) is 14.4. The van der Waals surface area contributed by atoms with Crippen molar-refractivity contribution in [3.8, 4) is 0 Å². The third kappa shape index (κ3) is 4.97. The highest BCUT2D eigenvalue weighted by Gasteiger charge is 2.22. The summed E-state index contributed by atoms with van der Waals surface area (Å²) >= 11 is 6.05. The number of halogens is 1. The number of benzene rings is 2. The highest BCUT2D eigenvalue weighted by molar-refractivity contribution is 6.30. The van der Waals surface area contributed by atoms with Crippen LogP contribution in [0.5, 0.6) is 0 Å². The molecule has 0 bridgehead atoms. The maximum absolute atomic E-state index is 12.1. The number of nitrogens with zero attached hydrogens (tertiary/aromatic N) is 1. The van der Waals surface area contributed by atoms with Gasteiger partial charge in [-0.05, 0) is 30.3 Å². The van der Waals surface area contributed by atoms with E-state index in [1.807, 2.05) is 30.3 Å². The van der Waals surface area contributed by atoms with Crippen LogP contribution in [0.2, 0.25) is 5.02 Å². The number of rotatable bonds is 4. The third-order valence-electron chi connectivity index (χ3n) is 4.41. The number of hydrogen-bond donors (Lipinski definition) is 3. The first-order valence-corrected chi connectivity index (χ1v) is 8.98. The number of hydrazine groups is 1. The fourth-order valence-corrected chi connectivity index (χ4v) is 3.17. The van der Waals surface area contributed by atoms with Gasteiger partial charge in [0.15, 0.2) is 6.54 Å². The molecule has 1 fully saturated rings. The lowest BCUT2D eigenvalue weighted by Crippen LogP contribution is -3.16. The van der Waals surface area contributed by atoms with Gasteiger partial charge in [-0.2, -0.15) is 0 Å². The van der Waals surface area contributed by atoms with Crippen LogP contribution in [-0.4, -0.2) is 44.5 Å². The zero-order valence-corrected chi connectivity index (χ0v) is 15.1. The molecule has 0 radical (unpaired) electrons. The van der Waals surface area contributed by atoms with Crippen LogP contribution < -0.4 is 20.7 Å². The Morgan fingerprint density at radius 1 is 1.00 bits per heavy atom. The van der Waals surface area contributed by atoms with Crippen molar-refractivity contribution in [2.75, 3.05) is 37.6 Å². The highest BCUT2D eigenvalue weighted by Crippen LogP contribution is 2.19. The van der Waals surface area contributed by atoms with Crippen LogP contribution in [0.15, 0.2) is 54.6 Å². The van der Waals surface area contributed by atoms with Gasteiger partial charge in [0, 0.05) is 16.3 Å². The first-order chi connectivity index (χ1) is 12.6. The molecule has 2 amide bonds. The minimum atomic E-state index is -0.320. The molecule has 1 heterocycles. The van der Waals surface area contributed by atoms with Gasteiger partial charge in [0.2, 0.25) is 0 Å². The average Bonchev–Trinajstić information content (AvgIpc) is 2.67. The molecule has 0 aliphatic carbocycles. The van der Waals surface area contributed by atoms with Crippen LogP contribution in [0.4, 0.5) is 5.69 Å². The Kier molecular flexibility index (Phi) is 6.09. The fourth-order valence-electron chi connectivity index (χ4n) is 2.99. The molecule has 136 valence electrons. The second-order valence-corrected chi connectivity index (χ2v) is 6.70. The van der Waals surface area contributed by atoms with Crippen molar-refractivity contribution in [3.63, 3.8) is 0 Å². The SMILES string of the molecule is O=C(C[NH+]1CCN(c2cccc(Cl)c2)CC1)NNC(=O)c1ccccc1. The Morgan fingerprint density at radius 2 is 1.73 bits per heavy atom. The van der Waals surface area contributed by atoms with Gasteiger partial charge in [0.05, 0.1) is 26.2 Å². The first kappa shape index (κ1) is 18.2. The maximum Gasteiger partial charge on any atom is 0.293 e. The third-order valence-corrected chi connectivity index (χ3v) is 4.64. The monoisotopic (exact) mass is 373 g/mol. The van der Waals surface area contributed by atoms with Crippen LogP contribution in [0.25, 0.3) is 0 Å². The molecule has 0 spiro atoms. The zero-order chi connectivity index (χ0) is 18.4. The largest absolute Gasteiger partial charge is 0.360 e. The number of anilines is 1. The van der Waals surface area contributed by atoms with Crippen molar-refractivity contribution in [1.29, 1.82) is 0 Å². The molecule has 1 saturated heterocycles. The van der Waals surface area contributed by atoms with Crippen molar-refractivity contribution in [3.05, 3.63) is 65.2 Å². The summed E-state index contributed by atoms with van der Waals surface area (Å²) < 4.78 is 0. The molecule has 1 aliphatic rings. The molecule has 3 rings (SSSR count). The van der Waals surface area contributed by atoms with E-state index in [-0.39, 0.29) is 11.8 Å². The Hall–Kier alpha value is -2.57. The van der Waals surface area contributed by atoms with E-state index in [9.17, 15) is 9.59 Å². The van der Waals surface area contributed by atoms with Gasteiger partial charge in [-0.15, -0.1) is 0 Å². The summed E-state index contributed by atoms with van der Waals surface area (Å²) in [6, 6.07) is 16.6. The van der Waals surface area contributed by atoms with E-state index >= 15 is 0 Å². The predicted molar refractivity (Wildman–Crippen MR) is 101 cm³/mol. The molecule has 0 aromatic heterocycles. The molecule has 1 aliphatic heterocycles.